The minimum Gasteiger partial charge on any atom is -0.488 e. The predicted molar refractivity (Wildman–Crippen MR) is 80.3 cm³/mol. The van der Waals surface area contributed by atoms with Gasteiger partial charge < -0.3 is 20.1 Å². The van der Waals surface area contributed by atoms with E-state index in [0.717, 1.165) is 51.1 Å². The molecule has 1 atom stereocenters. The van der Waals surface area contributed by atoms with Crippen LogP contribution >= 0.6 is 0 Å². The van der Waals surface area contributed by atoms with Gasteiger partial charge in [-0.15, -0.1) is 0 Å². The summed E-state index contributed by atoms with van der Waals surface area (Å²) >= 11 is 0. The van der Waals surface area contributed by atoms with Gasteiger partial charge in [0, 0.05) is 37.5 Å². The minimum absolute atomic E-state index is 0.203. The number of anilines is 1. The fourth-order valence-electron chi connectivity index (χ4n) is 2.91. The standard InChI is InChI=1S/C16H24N2O2/c17-13-6-8-18(9-7-13)14-3-1-4-15(11-14)20-16-5-2-10-19-12-16/h1,3-4,11,13,16H,2,5-10,12,17H2. The van der Waals surface area contributed by atoms with Gasteiger partial charge in [0.25, 0.3) is 0 Å². The van der Waals surface area contributed by atoms with E-state index in [1.54, 1.807) is 0 Å². The number of piperidine rings is 1. The van der Waals surface area contributed by atoms with Crippen molar-refractivity contribution in [2.75, 3.05) is 31.2 Å². The molecule has 2 heterocycles. The Morgan fingerprint density at radius 1 is 1.20 bits per heavy atom. The molecule has 0 saturated carbocycles. The van der Waals surface area contributed by atoms with Crippen LogP contribution < -0.4 is 15.4 Å². The molecule has 2 fully saturated rings. The second-order valence-electron chi connectivity index (χ2n) is 5.78. The molecule has 2 aliphatic heterocycles. The summed E-state index contributed by atoms with van der Waals surface area (Å²) in [6.45, 7) is 3.66. The molecule has 4 heteroatoms. The van der Waals surface area contributed by atoms with E-state index in [-0.39, 0.29) is 6.10 Å². The summed E-state index contributed by atoms with van der Waals surface area (Å²) in [4.78, 5) is 2.40. The lowest BCUT2D eigenvalue weighted by atomic mass is 10.1. The number of nitrogens with two attached hydrogens (primary N) is 1. The summed E-state index contributed by atoms with van der Waals surface area (Å²) < 4.78 is 11.5. The van der Waals surface area contributed by atoms with Crippen molar-refractivity contribution in [2.24, 2.45) is 5.73 Å². The maximum absolute atomic E-state index is 6.03. The van der Waals surface area contributed by atoms with E-state index in [0.29, 0.717) is 12.6 Å². The maximum Gasteiger partial charge on any atom is 0.122 e. The van der Waals surface area contributed by atoms with Gasteiger partial charge in [-0.1, -0.05) is 6.07 Å². The first kappa shape index (κ1) is 13.7. The van der Waals surface area contributed by atoms with Crippen LogP contribution in [0.2, 0.25) is 0 Å². The highest BCUT2D eigenvalue weighted by Gasteiger charge is 2.18. The van der Waals surface area contributed by atoms with Crippen LogP contribution in [0.3, 0.4) is 0 Å². The van der Waals surface area contributed by atoms with E-state index in [2.05, 4.69) is 23.1 Å². The van der Waals surface area contributed by atoms with Crippen molar-refractivity contribution in [3.05, 3.63) is 24.3 Å². The Bertz CT molecular complexity index is 424. The Labute approximate surface area is 120 Å². The third-order valence-corrected chi connectivity index (χ3v) is 4.14. The van der Waals surface area contributed by atoms with Crippen molar-refractivity contribution in [3.63, 3.8) is 0 Å². The summed E-state index contributed by atoms with van der Waals surface area (Å²) in [5, 5.41) is 0. The van der Waals surface area contributed by atoms with E-state index in [1.807, 2.05) is 6.07 Å². The molecule has 0 aromatic heterocycles. The predicted octanol–water partition coefficient (Wildman–Crippen LogP) is 2.17. The van der Waals surface area contributed by atoms with Crippen LogP contribution in [0.1, 0.15) is 25.7 Å². The molecule has 110 valence electrons. The Morgan fingerprint density at radius 2 is 2.05 bits per heavy atom. The zero-order valence-electron chi connectivity index (χ0n) is 12.0. The van der Waals surface area contributed by atoms with Crippen LogP contribution in [0.15, 0.2) is 24.3 Å². The van der Waals surface area contributed by atoms with Gasteiger partial charge >= 0.3 is 0 Å². The average Bonchev–Trinajstić information content (AvgIpc) is 2.49. The third kappa shape index (κ3) is 3.44. The molecular weight excluding hydrogens is 252 g/mol. The molecule has 0 aliphatic carbocycles. The van der Waals surface area contributed by atoms with E-state index in [4.69, 9.17) is 15.2 Å². The first-order chi connectivity index (χ1) is 9.81. The highest BCUT2D eigenvalue weighted by molar-refractivity contribution is 5.51. The largest absolute Gasteiger partial charge is 0.488 e. The third-order valence-electron chi connectivity index (χ3n) is 4.14. The fourth-order valence-corrected chi connectivity index (χ4v) is 2.91. The number of ether oxygens (including phenoxy) is 2. The molecular formula is C16H24N2O2. The smallest absolute Gasteiger partial charge is 0.122 e. The van der Waals surface area contributed by atoms with E-state index < -0.39 is 0 Å². The Kier molecular flexibility index (Phi) is 4.43. The van der Waals surface area contributed by atoms with Crippen LogP contribution in [0.4, 0.5) is 5.69 Å². The van der Waals surface area contributed by atoms with Gasteiger partial charge in [-0.2, -0.15) is 0 Å². The summed E-state index contributed by atoms with van der Waals surface area (Å²) in [6.07, 6.45) is 4.52. The van der Waals surface area contributed by atoms with E-state index in [1.165, 1.54) is 5.69 Å². The fraction of sp³-hybridized carbons (Fsp3) is 0.625. The van der Waals surface area contributed by atoms with Crippen LogP contribution in [-0.4, -0.2) is 38.4 Å². The van der Waals surface area contributed by atoms with Crippen LogP contribution in [0.25, 0.3) is 0 Å². The van der Waals surface area contributed by atoms with E-state index in [9.17, 15) is 0 Å². The number of rotatable bonds is 3. The lowest BCUT2D eigenvalue weighted by Crippen LogP contribution is -2.39. The monoisotopic (exact) mass is 276 g/mol. The van der Waals surface area contributed by atoms with Crippen LogP contribution in [0.5, 0.6) is 5.75 Å². The van der Waals surface area contributed by atoms with Crippen LogP contribution in [0, 0.1) is 0 Å². The van der Waals surface area contributed by atoms with Crippen LogP contribution in [-0.2, 0) is 4.74 Å². The van der Waals surface area contributed by atoms with Crippen molar-refractivity contribution in [1.29, 1.82) is 0 Å². The van der Waals surface area contributed by atoms with E-state index >= 15 is 0 Å². The summed E-state index contributed by atoms with van der Waals surface area (Å²) in [5.74, 6) is 0.952. The normalized spacial score (nSPS) is 24.6. The van der Waals surface area contributed by atoms with Crippen molar-refractivity contribution in [3.8, 4) is 5.75 Å². The number of hydrogen-bond donors (Lipinski definition) is 1. The lowest BCUT2D eigenvalue weighted by Gasteiger charge is -2.32. The van der Waals surface area contributed by atoms with Gasteiger partial charge in [-0.05, 0) is 37.8 Å². The topological polar surface area (TPSA) is 47.7 Å². The molecule has 2 N–H and O–H groups in total. The van der Waals surface area contributed by atoms with Gasteiger partial charge in [0.2, 0.25) is 0 Å². The molecule has 0 bridgehead atoms. The summed E-state index contributed by atoms with van der Waals surface area (Å²) in [7, 11) is 0. The minimum atomic E-state index is 0.203. The lowest BCUT2D eigenvalue weighted by molar-refractivity contribution is 0.00744. The van der Waals surface area contributed by atoms with Crippen molar-refractivity contribution in [1.82, 2.24) is 0 Å². The van der Waals surface area contributed by atoms with Gasteiger partial charge in [0.05, 0.1) is 6.61 Å². The van der Waals surface area contributed by atoms with Gasteiger partial charge in [0.15, 0.2) is 0 Å². The molecule has 20 heavy (non-hydrogen) atoms. The second-order valence-corrected chi connectivity index (χ2v) is 5.78. The van der Waals surface area contributed by atoms with Gasteiger partial charge in [-0.25, -0.2) is 0 Å². The Morgan fingerprint density at radius 3 is 2.80 bits per heavy atom. The molecule has 3 rings (SSSR count). The van der Waals surface area contributed by atoms with Crippen molar-refractivity contribution >= 4 is 5.69 Å². The molecule has 1 aromatic carbocycles. The van der Waals surface area contributed by atoms with Gasteiger partial charge in [-0.3, -0.25) is 0 Å². The zero-order chi connectivity index (χ0) is 13.8. The molecule has 4 nitrogen and oxygen atoms in total. The average molecular weight is 276 g/mol. The molecule has 0 spiro atoms. The highest BCUT2D eigenvalue weighted by atomic mass is 16.5. The number of hydrogen-bond acceptors (Lipinski definition) is 4. The number of nitrogens with zero attached hydrogens (tertiary/aromatic N) is 1. The first-order valence-corrected chi connectivity index (χ1v) is 7.66. The molecule has 0 amide bonds. The highest BCUT2D eigenvalue weighted by Crippen LogP contribution is 2.25. The summed E-state index contributed by atoms with van der Waals surface area (Å²) in [6, 6.07) is 8.77. The molecule has 1 unspecified atom stereocenters. The molecule has 2 aliphatic rings. The molecule has 0 radical (unpaired) electrons. The zero-order valence-corrected chi connectivity index (χ0v) is 12.0. The quantitative estimate of drug-likeness (QED) is 0.919. The molecule has 1 aromatic rings. The second kappa shape index (κ2) is 6.46. The Balaban J connectivity index is 1.63. The number of benzene rings is 1. The Hall–Kier alpha value is -1.26. The van der Waals surface area contributed by atoms with Crippen molar-refractivity contribution in [2.45, 2.75) is 37.8 Å². The maximum atomic E-state index is 6.03. The van der Waals surface area contributed by atoms with Crippen molar-refractivity contribution < 1.29 is 9.47 Å². The SMILES string of the molecule is NC1CCN(c2cccc(OC3CCCOC3)c2)CC1. The van der Waals surface area contributed by atoms with Gasteiger partial charge in [0.1, 0.15) is 11.9 Å². The first-order valence-electron chi connectivity index (χ1n) is 7.66. The molecule has 2 saturated heterocycles. The summed E-state index contributed by atoms with van der Waals surface area (Å²) in [5.41, 5.74) is 7.21.